The molecule has 0 saturated heterocycles. The molecule has 1 amide bonds. The first-order valence-corrected chi connectivity index (χ1v) is 6.60. The highest BCUT2D eigenvalue weighted by molar-refractivity contribution is 9.09. The topological polar surface area (TPSA) is 38.3 Å². The normalized spacial score (nSPS) is 10.4. The Morgan fingerprint density at radius 2 is 2.11 bits per heavy atom. The third kappa shape index (κ3) is 5.10. The minimum absolute atomic E-state index is 0.0499. The molecule has 0 aliphatic heterocycles. The summed E-state index contributed by atoms with van der Waals surface area (Å²) in [5.74, 6) is -2.27. The second-order valence-corrected chi connectivity index (χ2v) is 4.33. The van der Waals surface area contributed by atoms with E-state index in [9.17, 15) is 13.6 Å². The van der Waals surface area contributed by atoms with Gasteiger partial charge in [-0.2, -0.15) is 0 Å². The number of rotatable bonds is 7. The Bertz CT molecular complexity index is 402. The zero-order chi connectivity index (χ0) is 13.4. The van der Waals surface area contributed by atoms with Gasteiger partial charge in [0.15, 0.2) is 11.6 Å². The van der Waals surface area contributed by atoms with Crippen LogP contribution in [-0.4, -0.2) is 31.0 Å². The lowest BCUT2D eigenvalue weighted by atomic mass is 10.1. The van der Waals surface area contributed by atoms with Crippen molar-refractivity contribution >= 4 is 21.8 Å². The summed E-state index contributed by atoms with van der Waals surface area (Å²) in [5.41, 5.74) is 0.0499. The molecule has 0 aliphatic carbocycles. The quantitative estimate of drug-likeness (QED) is 0.616. The third-order valence-electron chi connectivity index (χ3n) is 2.17. The van der Waals surface area contributed by atoms with E-state index >= 15 is 0 Å². The lowest BCUT2D eigenvalue weighted by Crippen LogP contribution is -2.29. The van der Waals surface area contributed by atoms with Crippen molar-refractivity contribution in [3.63, 3.8) is 0 Å². The smallest absolute Gasteiger partial charge is 0.224 e. The highest BCUT2D eigenvalue weighted by Gasteiger charge is 2.11. The number of amides is 1. The van der Waals surface area contributed by atoms with E-state index in [1.807, 2.05) is 0 Å². The van der Waals surface area contributed by atoms with Gasteiger partial charge in [-0.05, 0) is 6.07 Å². The molecule has 1 aromatic carbocycles. The Morgan fingerprint density at radius 1 is 1.33 bits per heavy atom. The number of carbonyl (C=O) groups excluding carboxylic acids is 1. The summed E-state index contributed by atoms with van der Waals surface area (Å²) in [4.78, 5) is 11.4. The van der Waals surface area contributed by atoms with E-state index < -0.39 is 11.6 Å². The molecule has 0 aliphatic rings. The molecule has 0 aromatic heterocycles. The Kier molecular flexibility index (Phi) is 6.82. The van der Waals surface area contributed by atoms with Crippen LogP contribution in [0.1, 0.15) is 5.56 Å². The monoisotopic (exact) mass is 321 g/mol. The summed E-state index contributed by atoms with van der Waals surface area (Å²) >= 11 is 3.20. The molecule has 0 bridgehead atoms. The zero-order valence-corrected chi connectivity index (χ0v) is 11.3. The van der Waals surface area contributed by atoms with Crippen LogP contribution in [0.15, 0.2) is 18.2 Å². The molecule has 0 radical (unpaired) electrons. The van der Waals surface area contributed by atoms with E-state index in [0.29, 0.717) is 19.8 Å². The molecule has 0 fully saturated rings. The van der Waals surface area contributed by atoms with Crippen molar-refractivity contribution in [1.29, 1.82) is 0 Å². The van der Waals surface area contributed by atoms with Crippen molar-refractivity contribution < 1.29 is 18.3 Å². The summed E-state index contributed by atoms with van der Waals surface area (Å²) in [6.07, 6.45) is -0.179. The predicted octanol–water partition coefficient (Wildman–Crippen LogP) is 2.04. The van der Waals surface area contributed by atoms with Crippen LogP contribution in [-0.2, 0) is 16.0 Å². The molecule has 0 unspecified atom stereocenters. The molecule has 3 nitrogen and oxygen atoms in total. The lowest BCUT2D eigenvalue weighted by molar-refractivity contribution is -0.120. The molecular formula is C12H14BrF2NO2. The first-order chi connectivity index (χ1) is 8.65. The first kappa shape index (κ1) is 15.0. The van der Waals surface area contributed by atoms with Gasteiger partial charge in [-0.25, -0.2) is 8.78 Å². The van der Waals surface area contributed by atoms with Crippen LogP contribution in [0.5, 0.6) is 0 Å². The van der Waals surface area contributed by atoms with Crippen molar-refractivity contribution in [1.82, 2.24) is 5.32 Å². The second-order valence-electron chi connectivity index (χ2n) is 3.54. The molecule has 0 atom stereocenters. The maximum atomic E-state index is 13.3. The molecule has 1 aromatic rings. The van der Waals surface area contributed by atoms with Gasteiger partial charge in [-0.15, -0.1) is 0 Å². The maximum absolute atomic E-state index is 13.3. The van der Waals surface area contributed by atoms with Crippen molar-refractivity contribution in [2.45, 2.75) is 6.42 Å². The fraction of sp³-hybridized carbons (Fsp3) is 0.417. The average molecular weight is 322 g/mol. The van der Waals surface area contributed by atoms with E-state index in [1.165, 1.54) is 12.1 Å². The van der Waals surface area contributed by atoms with Crippen LogP contribution in [0.4, 0.5) is 8.78 Å². The van der Waals surface area contributed by atoms with Gasteiger partial charge >= 0.3 is 0 Å². The Morgan fingerprint density at radius 3 is 2.83 bits per heavy atom. The lowest BCUT2D eigenvalue weighted by Gasteiger charge is -2.06. The van der Waals surface area contributed by atoms with Crippen LogP contribution in [0.25, 0.3) is 0 Å². The van der Waals surface area contributed by atoms with Crippen LogP contribution in [0.2, 0.25) is 0 Å². The Labute approximate surface area is 113 Å². The van der Waals surface area contributed by atoms with Crippen LogP contribution in [0.3, 0.4) is 0 Å². The van der Waals surface area contributed by atoms with Gasteiger partial charge in [0.25, 0.3) is 0 Å². The number of hydrogen-bond acceptors (Lipinski definition) is 2. The van der Waals surface area contributed by atoms with Gasteiger partial charge in [0.1, 0.15) is 0 Å². The number of ether oxygens (including phenoxy) is 1. The summed E-state index contributed by atoms with van der Waals surface area (Å²) in [5, 5.41) is 3.30. The number of benzene rings is 1. The zero-order valence-electron chi connectivity index (χ0n) is 9.72. The number of nitrogens with one attached hydrogen (secondary N) is 1. The summed E-state index contributed by atoms with van der Waals surface area (Å²) in [6.45, 7) is 1.31. The number of carbonyl (C=O) groups is 1. The summed E-state index contributed by atoms with van der Waals surface area (Å²) in [7, 11) is 0. The van der Waals surface area contributed by atoms with Crippen molar-refractivity contribution in [2.24, 2.45) is 0 Å². The van der Waals surface area contributed by atoms with Gasteiger partial charge in [0.05, 0.1) is 19.6 Å². The fourth-order valence-electron chi connectivity index (χ4n) is 1.34. The maximum Gasteiger partial charge on any atom is 0.224 e. The summed E-state index contributed by atoms with van der Waals surface area (Å²) in [6, 6.07) is 3.78. The van der Waals surface area contributed by atoms with E-state index in [2.05, 4.69) is 21.2 Å². The number of hydrogen-bond donors (Lipinski definition) is 1. The number of alkyl halides is 1. The molecule has 100 valence electrons. The van der Waals surface area contributed by atoms with E-state index in [1.54, 1.807) is 0 Å². The third-order valence-corrected chi connectivity index (χ3v) is 2.50. The van der Waals surface area contributed by atoms with Crippen molar-refractivity contribution in [3.8, 4) is 0 Å². The Balaban J connectivity index is 2.34. The molecule has 0 heterocycles. The van der Waals surface area contributed by atoms with Gasteiger partial charge in [0, 0.05) is 17.4 Å². The molecule has 0 spiro atoms. The van der Waals surface area contributed by atoms with Gasteiger partial charge in [0.2, 0.25) is 5.91 Å². The van der Waals surface area contributed by atoms with Gasteiger partial charge in [-0.3, -0.25) is 4.79 Å². The van der Waals surface area contributed by atoms with Gasteiger partial charge < -0.3 is 10.1 Å². The van der Waals surface area contributed by atoms with Crippen LogP contribution in [0, 0.1) is 11.6 Å². The predicted molar refractivity (Wildman–Crippen MR) is 67.7 cm³/mol. The van der Waals surface area contributed by atoms with Crippen LogP contribution < -0.4 is 5.32 Å². The number of halogens is 3. The fourth-order valence-corrected chi connectivity index (χ4v) is 1.57. The SMILES string of the molecule is O=C(Cc1cccc(F)c1F)NCCOCCBr. The molecule has 6 heteroatoms. The highest BCUT2D eigenvalue weighted by Crippen LogP contribution is 2.11. The van der Waals surface area contributed by atoms with Crippen molar-refractivity contribution in [2.75, 3.05) is 25.1 Å². The first-order valence-electron chi connectivity index (χ1n) is 5.48. The summed E-state index contributed by atoms with van der Waals surface area (Å²) < 4.78 is 31.3. The largest absolute Gasteiger partial charge is 0.379 e. The second kappa shape index (κ2) is 8.16. The van der Waals surface area contributed by atoms with E-state index in [4.69, 9.17) is 4.74 Å². The molecule has 1 N–H and O–H groups in total. The molecule has 1 rings (SSSR count). The molecule has 0 saturated carbocycles. The Hall–Kier alpha value is -1.01. The minimum atomic E-state index is -0.969. The van der Waals surface area contributed by atoms with Crippen molar-refractivity contribution in [3.05, 3.63) is 35.4 Å². The molecular weight excluding hydrogens is 308 g/mol. The van der Waals surface area contributed by atoms with Crippen LogP contribution >= 0.6 is 15.9 Å². The van der Waals surface area contributed by atoms with Gasteiger partial charge in [-0.1, -0.05) is 28.1 Å². The van der Waals surface area contributed by atoms with E-state index in [0.717, 1.165) is 11.4 Å². The van der Waals surface area contributed by atoms with E-state index in [-0.39, 0.29) is 17.9 Å². The minimum Gasteiger partial charge on any atom is -0.379 e. The molecule has 18 heavy (non-hydrogen) atoms. The average Bonchev–Trinajstić information content (AvgIpc) is 2.35. The standard InChI is InChI=1S/C12H14BrF2NO2/c13-4-6-18-7-5-16-11(17)8-9-2-1-3-10(14)12(9)15/h1-3H,4-8H2,(H,16,17). The highest BCUT2D eigenvalue weighted by atomic mass is 79.9.